The predicted molar refractivity (Wildman–Crippen MR) is 89.9 cm³/mol. The molecule has 1 aromatic rings. The highest BCUT2D eigenvalue weighted by molar-refractivity contribution is 5.86. The standard InChI is InChI=1S/C19H24N2O3/c1-14-5-7-15(8-6-14)11-16(17(22)24-2)12-21-18(23)19(13-20)9-3-4-10-19/h5-8,16H,3-4,9-12H2,1-2H3,(H,21,23)/t16-/m1/s1. The summed E-state index contributed by atoms with van der Waals surface area (Å²) < 4.78 is 4.86. The molecule has 5 nitrogen and oxygen atoms in total. The zero-order valence-corrected chi connectivity index (χ0v) is 14.3. The van der Waals surface area contributed by atoms with Crippen LogP contribution in [0.4, 0.5) is 0 Å². The third kappa shape index (κ3) is 4.14. The molecule has 1 aromatic carbocycles. The highest BCUT2D eigenvalue weighted by Gasteiger charge is 2.41. The summed E-state index contributed by atoms with van der Waals surface area (Å²) >= 11 is 0. The van der Waals surface area contributed by atoms with Crippen molar-refractivity contribution in [1.29, 1.82) is 5.26 Å². The number of nitriles is 1. The van der Waals surface area contributed by atoms with Crippen molar-refractivity contribution < 1.29 is 14.3 Å². The molecule has 5 heteroatoms. The Hall–Kier alpha value is -2.35. The fraction of sp³-hybridized carbons (Fsp3) is 0.526. The van der Waals surface area contributed by atoms with Crippen LogP contribution in [0.15, 0.2) is 24.3 Å². The van der Waals surface area contributed by atoms with Crippen molar-refractivity contribution in [2.24, 2.45) is 11.3 Å². The van der Waals surface area contributed by atoms with E-state index in [1.807, 2.05) is 31.2 Å². The molecular formula is C19H24N2O3. The average Bonchev–Trinajstić information content (AvgIpc) is 3.09. The molecule has 1 N–H and O–H groups in total. The monoisotopic (exact) mass is 328 g/mol. The van der Waals surface area contributed by atoms with E-state index in [2.05, 4.69) is 11.4 Å². The normalized spacial score (nSPS) is 16.9. The molecule has 0 aromatic heterocycles. The molecule has 0 radical (unpaired) electrons. The van der Waals surface area contributed by atoms with E-state index in [-0.39, 0.29) is 18.4 Å². The van der Waals surface area contributed by atoms with Crippen LogP contribution in [-0.2, 0) is 20.7 Å². The summed E-state index contributed by atoms with van der Waals surface area (Å²) in [5.74, 6) is -1.08. The van der Waals surface area contributed by atoms with Crippen LogP contribution in [0, 0.1) is 29.6 Å². The molecule has 0 bridgehead atoms. The Kier molecular flexibility index (Phi) is 5.97. The first-order valence-corrected chi connectivity index (χ1v) is 8.33. The van der Waals surface area contributed by atoms with Crippen molar-refractivity contribution in [2.75, 3.05) is 13.7 Å². The smallest absolute Gasteiger partial charge is 0.310 e. The van der Waals surface area contributed by atoms with Gasteiger partial charge >= 0.3 is 5.97 Å². The number of nitrogens with zero attached hydrogens (tertiary/aromatic N) is 1. The van der Waals surface area contributed by atoms with Crippen molar-refractivity contribution in [3.8, 4) is 6.07 Å². The van der Waals surface area contributed by atoms with Crippen molar-refractivity contribution in [3.05, 3.63) is 35.4 Å². The zero-order valence-electron chi connectivity index (χ0n) is 14.3. The Balaban J connectivity index is 2.01. The Morgan fingerprint density at radius 2 is 1.92 bits per heavy atom. The van der Waals surface area contributed by atoms with Gasteiger partial charge in [0.2, 0.25) is 5.91 Å². The summed E-state index contributed by atoms with van der Waals surface area (Å²) in [5.41, 5.74) is 1.24. The molecule has 128 valence electrons. The number of benzene rings is 1. The SMILES string of the molecule is COC(=O)[C@@H](CNC(=O)C1(C#N)CCCC1)Cc1ccc(C)cc1. The van der Waals surface area contributed by atoms with E-state index in [1.54, 1.807) is 0 Å². The number of methoxy groups -OCH3 is 1. The van der Waals surface area contributed by atoms with Crippen molar-refractivity contribution in [3.63, 3.8) is 0 Å². The van der Waals surface area contributed by atoms with E-state index in [0.29, 0.717) is 19.3 Å². The molecule has 0 unspecified atom stereocenters. The quantitative estimate of drug-likeness (QED) is 0.814. The molecule has 0 aliphatic heterocycles. The molecule has 1 aliphatic carbocycles. The second kappa shape index (κ2) is 7.96. The number of ether oxygens (including phenoxy) is 1. The number of esters is 1. The molecule has 0 spiro atoms. The maximum absolute atomic E-state index is 12.4. The van der Waals surface area contributed by atoms with E-state index in [9.17, 15) is 14.9 Å². The highest BCUT2D eigenvalue weighted by Crippen LogP contribution is 2.37. The number of rotatable bonds is 6. The second-order valence-electron chi connectivity index (χ2n) is 6.52. The number of aryl methyl sites for hydroxylation is 1. The molecule has 1 amide bonds. The Morgan fingerprint density at radius 3 is 2.46 bits per heavy atom. The summed E-state index contributed by atoms with van der Waals surface area (Å²) in [4.78, 5) is 24.5. The third-order valence-electron chi connectivity index (χ3n) is 4.75. The summed E-state index contributed by atoms with van der Waals surface area (Å²) in [5, 5.41) is 12.2. The summed E-state index contributed by atoms with van der Waals surface area (Å²) in [7, 11) is 1.35. The fourth-order valence-electron chi connectivity index (χ4n) is 3.17. The summed E-state index contributed by atoms with van der Waals surface area (Å²) in [6.45, 7) is 2.19. The van der Waals surface area contributed by atoms with Gasteiger partial charge in [-0.3, -0.25) is 9.59 Å². The van der Waals surface area contributed by atoms with Gasteiger partial charge in [-0.1, -0.05) is 42.7 Å². The van der Waals surface area contributed by atoms with Gasteiger partial charge in [-0.2, -0.15) is 5.26 Å². The lowest BCUT2D eigenvalue weighted by molar-refractivity contribution is -0.145. The first-order chi connectivity index (χ1) is 11.5. The van der Waals surface area contributed by atoms with Crippen molar-refractivity contribution in [2.45, 2.75) is 39.0 Å². The van der Waals surface area contributed by atoms with Gasteiger partial charge in [-0.25, -0.2) is 0 Å². The van der Waals surface area contributed by atoms with E-state index in [0.717, 1.165) is 24.0 Å². The first kappa shape index (κ1) is 18.0. The number of hydrogen-bond acceptors (Lipinski definition) is 4. The maximum Gasteiger partial charge on any atom is 0.310 e. The van der Waals surface area contributed by atoms with E-state index < -0.39 is 11.3 Å². The first-order valence-electron chi connectivity index (χ1n) is 8.33. The fourth-order valence-corrected chi connectivity index (χ4v) is 3.17. The minimum absolute atomic E-state index is 0.183. The average molecular weight is 328 g/mol. The molecule has 0 heterocycles. The van der Waals surface area contributed by atoms with E-state index >= 15 is 0 Å². The van der Waals surface area contributed by atoms with Gasteiger partial charge in [0.05, 0.1) is 19.1 Å². The highest BCUT2D eigenvalue weighted by atomic mass is 16.5. The Bertz CT molecular complexity index is 625. The molecule has 0 saturated heterocycles. The zero-order chi connectivity index (χ0) is 17.6. The number of amides is 1. The van der Waals surface area contributed by atoms with Crippen LogP contribution in [-0.4, -0.2) is 25.5 Å². The van der Waals surface area contributed by atoms with Crippen LogP contribution in [0.5, 0.6) is 0 Å². The molecule has 24 heavy (non-hydrogen) atoms. The molecule has 1 fully saturated rings. The lowest BCUT2D eigenvalue weighted by Crippen LogP contribution is -2.42. The van der Waals surface area contributed by atoms with Gasteiger partial charge in [-0.15, -0.1) is 0 Å². The lowest BCUT2D eigenvalue weighted by atomic mass is 9.86. The van der Waals surface area contributed by atoms with Gasteiger partial charge in [-0.05, 0) is 31.7 Å². The van der Waals surface area contributed by atoms with Crippen molar-refractivity contribution in [1.82, 2.24) is 5.32 Å². The Labute approximate surface area is 143 Å². The van der Waals surface area contributed by atoms with Gasteiger partial charge in [0.1, 0.15) is 5.41 Å². The minimum atomic E-state index is -0.926. The van der Waals surface area contributed by atoms with Crippen LogP contribution >= 0.6 is 0 Å². The van der Waals surface area contributed by atoms with E-state index in [4.69, 9.17) is 4.74 Å². The topological polar surface area (TPSA) is 79.2 Å². The minimum Gasteiger partial charge on any atom is -0.469 e. The van der Waals surface area contributed by atoms with Gasteiger partial charge in [0, 0.05) is 6.54 Å². The molecular weight excluding hydrogens is 304 g/mol. The van der Waals surface area contributed by atoms with Gasteiger partial charge in [0.25, 0.3) is 0 Å². The maximum atomic E-state index is 12.4. The second-order valence-corrected chi connectivity index (χ2v) is 6.52. The van der Waals surface area contributed by atoms with Crippen LogP contribution in [0.3, 0.4) is 0 Å². The molecule has 1 aliphatic rings. The largest absolute Gasteiger partial charge is 0.469 e. The number of carbonyl (C=O) groups excluding carboxylic acids is 2. The number of carbonyl (C=O) groups is 2. The van der Waals surface area contributed by atoms with Gasteiger partial charge in [0.15, 0.2) is 0 Å². The predicted octanol–water partition coefficient (Wildman–Crippen LogP) is 2.53. The van der Waals surface area contributed by atoms with Crippen LogP contribution in [0.25, 0.3) is 0 Å². The van der Waals surface area contributed by atoms with E-state index in [1.165, 1.54) is 7.11 Å². The van der Waals surface area contributed by atoms with Gasteiger partial charge < -0.3 is 10.1 Å². The summed E-state index contributed by atoms with van der Waals surface area (Å²) in [6, 6.07) is 10.1. The van der Waals surface area contributed by atoms with Crippen LogP contribution in [0.1, 0.15) is 36.8 Å². The number of nitrogens with one attached hydrogen (secondary N) is 1. The van der Waals surface area contributed by atoms with Crippen LogP contribution < -0.4 is 5.32 Å². The third-order valence-corrected chi connectivity index (χ3v) is 4.75. The lowest BCUT2D eigenvalue weighted by Gasteiger charge is -2.21. The summed E-state index contributed by atoms with van der Waals surface area (Å²) in [6.07, 6.45) is 3.47. The molecule has 2 rings (SSSR count). The molecule has 1 atom stereocenters. The van der Waals surface area contributed by atoms with Crippen molar-refractivity contribution >= 4 is 11.9 Å². The van der Waals surface area contributed by atoms with Crippen LogP contribution in [0.2, 0.25) is 0 Å². The Morgan fingerprint density at radius 1 is 1.29 bits per heavy atom. The molecule has 1 saturated carbocycles. The number of hydrogen-bond donors (Lipinski definition) is 1.